The number of aliphatic hydroxyl groups is 1. The lowest BCUT2D eigenvalue weighted by Gasteiger charge is -2.32. The van der Waals surface area contributed by atoms with E-state index >= 15 is 0 Å². The Bertz CT molecular complexity index is 2380. The second-order valence-electron chi connectivity index (χ2n) is 21.4. The number of nitrogens with two attached hydrogens (primary N) is 3. The van der Waals surface area contributed by atoms with Crippen LogP contribution in [0.4, 0.5) is 0 Å². The van der Waals surface area contributed by atoms with E-state index in [1.165, 1.54) is 18.7 Å². The van der Waals surface area contributed by atoms with Crippen LogP contribution in [0.25, 0.3) is 0 Å². The lowest BCUT2D eigenvalue weighted by Crippen LogP contribution is -2.61. The molecule has 0 unspecified atom stereocenters. The van der Waals surface area contributed by atoms with Gasteiger partial charge in [0.25, 0.3) is 0 Å². The quantitative estimate of drug-likeness (QED) is 0.0285. The third-order valence-electron chi connectivity index (χ3n) is 13.3. The minimum atomic E-state index is -1.62. The summed E-state index contributed by atoms with van der Waals surface area (Å²) in [6.45, 7) is 11.6. The molecule has 0 saturated carbocycles. The SMILES string of the molecule is CC[C@H](C)[C@H](NC(=O)[C@@H]1CCCN1C(=O)[C@H](CC(C)C)NC(=O)[C@H](CO)NC(=O)[C@H](C)NC(=O)[C@H](Cc1ccccc1)NC(=O)CNC(C)=O)C(=O)N[C@@H](CC(C)C)C(=O)N[C@@H](CCCCN)C(=O)N[C@@H](CC(N)=O)C(=O)NCC(N)=O. The summed E-state index contributed by atoms with van der Waals surface area (Å²) in [7, 11) is 0. The van der Waals surface area contributed by atoms with Crippen LogP contribution in [0.3, 0.4) is 0 Å². The first-order valence-corrected chi connectivity index (χ1v) is 27.8. The zero-order valence-electron chi connectivity index (χ0n) is 48.4. The predicted molar refractivity (Wildman–Crippen MR) is 299 cm³/mol. The van der Waals surface area contributed by atoms with Gasteiger partial charge in [-0.3, -0.25) is 62.3 Å². The fourth-order valence-electron chi connectivity index (χ4n) is 8.78. The third kappa shape index (κ3) is 24.9. The van der Waals surface area contributed by atoms with Crippen molar-refractivity contribution in [3.05, 3.63) is 35.9 Å². The van der Waals surface area contributed by atoms with E-state index in [2.05, 4.69) is 53.2 Å². The fraction of sp³-hybridized carbons (Fsp3) is 0.648. The van der Waals surface area contributed by atoms with Crippen molar-refractivity contribution in [3.63, 3.8) is 0 Å². The minimum Gasteiger partial charge on any atom is -0.394 e. The van der Waals surface area contributed by atoms with E-state index in [4.69, 9.17) is 17.2 Å². The number of hydrogen-bond donors (Lipinski definition) is 14. The minimum absolute atomic E-state index is 0.0215. The Balaban J connectivity index is 2.30. The average Bonchev–Trinajstić information content (AvgIpc) is 4.08. The summed E-state index contributed by atoms with van der Waals surface area (Å²) in [6.07, 6.45) is 1.24. The number of benzene rings is 1. The lowest BCUT2D eigenvalue weighted by molar-refractivity contribution is -0.143. The first kappa shape index (κ1) is 70.4. The second-order valence-corrected chi connectivity index (χ2v) is 21.4. The van der Waals surface area contributed by atoms with E-state index in [0.717, 1.165) is 0 Å². The Kier molecular flexibility index (Phi) is 30.8. The number of rotatable bonds is 36. The van der Waals surface area contributed by atoms with Crippen molar-refractivity contribution in [2.24, 2.45) is 35.0 Å². The van der Waals surface area contributed by atoms with Crippen molar-refractivity contribution in [3.8, 4) is 0 Å². The van der Waals surface area contributed by atoms with Crippen LogP contribution in [-0.4, -0.2) is 174 Å². The molecule has 0 bridgehead atoms. The van der Waals surface area contributed by atoms with Gasteiger partial charge in [-0.25, -0.2) is 0 Å². The van der Waals surface area contributed by atoms with Crippen molar-refractivity contribution in [2.45, 2.75) is 174 Å². The highest BCUT2D eigenvalue weighted by atomic mass is 16.3. The number of amides is 13. The highest BCUT2D eigenvalue weighted by Gasteiger charge is 2.41. The molecule has 0 radical (unpaired) electrons. The molecule has 1 saturated heterocycles. The van der Waals surface area contributed by atoms with Gasteiger partial charge < -0.3 is 80.4 Å². The van der Waals surface area contributed by atoms with Crippen molar-refractivity contribution in [1.29, 1.82) is 0 Å². The molecule has 0 aliphatic carbocycles. The van der Waals surface area contributed by atoms with Gasteiger partial charge in [-0.05, 0) is 81.7 Å². The summed E-state index contributed by atoms with van der Waals surface area (Å²) >= 11 is 0. The van der Waals surface area contributed by atoms with Crippen molar-refractivity contribution in [1.82, 2.24) is 58.1 Å². The molecule has 1 aliphatic rings. The number of primary amides is 2. The van der Waals surface area contributed by atoms with Crippen LogP contribution < -0.4 is 70.4 Å². The average molecular weight is 1160 g/mol. The topological polar surface area (TPSA) is 444 Å². The molecule has 1 aliphatic heterocycles. The molecular weight excluding hydrogens is 1070 g/mol. The monoisotopic (exact) mass is 1160 g/mol. The molecule has 10 atom stereocenters. The van der Waals surface area contributed by atoms with E-state index in [-0.39, 0.29) is 57.0 Å². The number of carbonyl (C=O) groups is 13. The van der Waals surface area contributed by atoms with E-state index in [1.807, 2.05) is 0 Å². The largest absolute Gasteiger partial charge is 0.394 e. The second kappa shape index (κ2) is 35.9. The van der Waals surface area contributed by atoms with Crippen LogP contribution in [0.15, 0.2) is 30.3 Å². The van der Waals surface area contributed by atoms with Crippen LogP contribution in [0.1, 0.15) is 119 Å². The smallest absolute Gasteiger partial charge is 0.245 e. The number of nitrogens with one attached hydrogen (secondary N) is 10. The molecule has 1 heterocycles. The van der Waals surface area contributed by atoms with Gasteiger partial charge in [0.1, 0.15) is 54.4 Å². The number of likely N-dealkylation sites (tertiary alicyclic amines) is 1. The molecule has 458 valence electrons. The van der Waals surface area contributed by atoms with Gasteiger partial charge in [0.05, 0.1) is 26.1 Å². The molecular formula is C54H88N14O14. The molecule has 0 aromatic heterocycles. The molecule has 13 amide bonds. The maximum Gasteiger partial charge on any atom is 0.245 e. The van der Waals surface area contributed by atoms with Crippen molar-refractivity contribution >= 4 is 76.8 Å². The molecule has 28 nitrogen and oxygen atoms in total. The Morgan fingerprint density at radius 2 is 1.17 bits per heavy atom. The first-order valence-electron chi connectivity index (χ1n) is 27.8. The maximum atomic E-state index is 14.5. The van der Waals surface area contributed by atoms with Crippen LogP contribution in [0, 0.1) is 17.8 Å². The molecule has 1 aromatic carbocycles. The summed E-state index contributed by atoms with van der Waals surface area (Å²) < 4.78 is 0. The third-order valence-corrected chi connectivity index (χ3v) is 13.3. The van der Waals surface area contributed by atoms with E-state index < -0.39 is 163 Å². The predicted octanol–water partition coefficient (Wildman–Crippen LogP) is -4.01. The highest BCUT2D eigenvalue weighted by Crippen LogP contribution is 2.22. The Morgan fingerprint density at radius 3 is 1.74 bits per heavy atom. The van der Waals surface area contributed by atoms with E-state index in [1.54, 1.807) is 71.9 Å². The molecule has 1 fully saturated rings. The summed E-state index contributed by atoms with van der Waals surface area (Å²) in [4.78, 5) is 173. The standard InChI is InChI=1S/C54H88N14O14/c1-9-31(6)45(53(81)64-36(22-29(2)3)50(78)62-35(18-13-14-20-55)48(76)63-38(25-42(56)71)47(75)59-26-43(57)72)67-52(80)41-19-15-21-68(41)54(82)39(23-30(4)5)65-51(79)40(28-69)66-46(74)32(7)60-49(77)37(24-34-16-11-10-12-17-34)61-44(73)27-58-33(8)70/h10-12,16-17,29-32,35-41,45,69H,9,13-15,18-28,55H2,1-8H3,(H2,56,71)(H2,57,72)(H,58,70)(H,59,75)(H,60,77)(H,61,73)(H,62,78)(H,63,76)(H,64,81)(H,65,79)(H,66,74)(H,67,80)/t31-,32-,35-,36-,37-,38-,39-,40-,41-,45-/m0/s1. The molecule has 0 spiro atoms. The van der Waals surface area contributed by atoms with E-state index in [0.29, 0.717) is 31.2 Å². The Morgan fingerprint density at radius 1 is 0.610 bits per heavy atom. The van der Waals surface area contributed by atoms with Gasteiger partial charge in [-0.2, -0.15) is 0 Å². The lowest BCUT2D eigenvalue weighted by atomic mass is 9.96. The van der Waals surface area contributed by atoms with Crippen LogP contribution >= 0.6 is 0 Å². The number of carbonyl (C=O) groups excluding carboxylic acids is 13. The van der Waals surface area contributed by atoms with Gasteiger partial charge in [0, 0.05) is 19.9 Å². The fourth-order valence-corrected chi connectivity index (χ4v) is 8.78. The molecule has 17 N–H and O–H groups in total. The maximum absolute atomic E-state index is 14.5. The van der Waals surface area contributed by atoms with Gasteiger partial charge in [-0.1, -0.05) is 78.3 Å². The summed E-state index contributed by atoms with van der Waals surface area (Å²) in [6, 6.07) is -3.15. The van der Waals surface area contributed by atoms with Gasteiger partial charge in [0.2, 0.25) is 76.8 Å². The Hall–Kier alpha value is -7.75. The summed E-state index contributed by atoms with van der Waals surface area (Å²) in [5.41, 5.74) is 16.8. The van der Waals surface area contributed by atoms with Gasteiger partial charge in [0.15, 0.2) is 0 Å². The van der Waals surface area contributed by atoms with Crippen LogP contribution in [-0.2, 0) is 68.7 Å². The molecule has 28 heteroatoms. The number of aliphatic hydroxyl groups excluding tert-OH is 1. The van der Waals surface area contributed by atoms with E-state index in [9.17, 15) is 67.4 Å². The Labute approximate surface area is 478 Å². The number of hydrogen-bond acceptors (Lipinski definition) is 15. The van der Waals surface area contributed by atoms with Gasteiger partial charge >= 0.3 is 0 Å². The highest BCUT2D eigenvalue weighted by molar-refractivity contribution is 5.99. The molecule has 1 aromatic rings. The van der Waals surface area contributed by atoms with Gasteiger partial charge in [-0.15, -0.1) is 0 Å². The summed E-state index contributed by atoms with van der Waals surface area (Å²) in [5, 5.41) is 35.5. The zero-order chi connectivity index (χ0) is 61.8. The summed E-state index contributed by atoms with van der Waals surface area (Å²) in [5.74, 6) is -11.2. The first-order chi connectivity index (χ1) is 38.6. The number of nitrogens with zero attached hydrogens (tertiary/aromatic N) is 1. The van der Waals surface area contributed by atoms with Crippen molar-refractivity contribution < 1.29 is 67.4 Å². The molecule has 82 heavy (non-hydrogen) atoms. The normalized spacial score (nSPS) is 16.2. The zero-order valence-corrected chi connectivity index (χ0v) is 48.4. The molecule has 2 rings (SSSR count). The van der Waals surface area contributed by atoms with Crippen LogP contribution in [0.2, 0.25) is 0 Å². The van der Waals surface area contributed by atoms with Crippen molar-refractivity contribution in [2.75, 3.05) is 32.8 Å². The number of unbranched alkanes of at least 4 members (excludes halogenated alkanes) is 1. The van der Waals surface area contributed by atoms with Crippen LogP contribution in [0.5, 0.6) is 0 Å².